The molecule has 0 fully saturated rings. The Balaban J connectivity index is 3.90. The van der Waals surface area contributed by atoms with Gasteiger partial charge in [-0.1, -0.05) is 108 Å². The first kappa shape index (κ1) is 24.5. The van der Waals surface area contributed by atoms with Crippen molar-refractivity contribution in [2.24, 2.45) is 0 Å². The van der Waals surface area contributed by atoms with Crippen LogP contribution < -0.4 is 0 Å². The third-order valence-corrected chi connectivity index (χ3v) is 7.57. The third kappa shape index (κ3) is 17.3. The van der Waals surface area contributed by atoms with E-state index in [-0.39, 0.29) is 6.29 Å². The average molecular weight is 357 g/mol. The van der Waals surface area contributed by atoms with Gasteiger partial charge < -0.3 is 8.53 Å². The van der Waals surface area contributed by atoms with Gasteiger partial charge in [-0.15, -0.1) is 0 Å². The Bertz CT molecular complexity index is 220. The minimum Gasteiger partial charge on any atom is -0.478 e. The van der Waals surface area contributed by atoms with Crippen LogP contribution in [0.5, 0.6) is 0 Å². The second-order valence-electron chi connectivity index (χ2n) is 7.31. The summed E-state index contributed by atoms with van der Waals surface area (Å²) in [5.41, 5.74) is 0. The Morgan fingerprint density at radius 3 is 1.54 bits per heavy atom. The molecule has 1 atom stereocenters. The van der Waals surface area contributed by atoms with Crippen molar-refractivity contribution in [3.63, 3.8) is 0 Å². The highest BCUT2D eigenvalue weighted by atomic mass is 27.2. The molecule has 0 aromatic heterocycles. The van der Waals surface area contributed by atoms with E-state index in [1.165, 1.54) is 87.6 Å². The van der Waals surface area contributed by atoms with E-state index in [9.17, 15) is 0 Å². The second kappa shape index (κ2) is 19.8. The van der Waals surface area contributed by atoms with Crippen molar-refractivity contribution in [2.75, 3.05) is 6.61 Å². The van der Waals surface area contributed by atoms with Crippen LogP contribution in [0.2, 0.25) is 10.6 Å². The van der Waals surface area contributed by atoms with E-state index in [1.54, 1.807) is 0 Å². The van der Waals surface area contributed by atoms with Crippen LogP contribution in [-0.4, -0.2) is 27.4 Å². The predicted molar refractivity (Wildman–Crippen MR) is 109 cm³/mol. The van der Waals surface area contributed by atoms with Gasteiger partial charge in [-0.3, -0.25) is 0 Å². The van der Waals surface area contributed by atoms with Crippen molar-refractivity contribution < 1.29 is 8.53 Å². The van der Waals surface area contributed by atoms with E-state index in [2.05, 4.69) is 27.7 Å². The van der Waals surface area contributed by atoms with Crippen LogP contribution in [0, 0.1) is 0 Å². The minimum absolute atomic E-state index is 0.0156. The summed E-state index contributed by atoms with van der Waals surface area (Å²) in [5, 5.41) is 2.70. The largest absolute Gasteiger partial charge is 0.478 e. The lowest BCUT2D eigenvalue weighted by Gasteiger charge is -2.20. The zero-order chi connectivity index (χ0) is 17.9. The summed E-state index contributed by atoms with van der Waals surface area (Å²) in [6.07, 6.45) is 17.8. The Hall–Kier alpha value is 0.452. The van der Waals surface area contributed by atoms with Crippen LogP contribution in [0.4, 0.5) is 0 Å². The van der Waals surface area contributed by atoms with Crippen LogP contribution in [-0.2, 0) is 8.53 Å². The van der Waals surface area contributed by atoms with Gasteiger partial charge >= 0.3 is 14.5 Å². The minimum atomic E-state index is -1.08. The highest BCUT2D eigenvalue weighted by Gasteiger charge is 2.22. The highest BCUT2D eigenvalue weighted by Crippen LogP contribution is 2.17. The standard InChI is InChI=1S/2C8H17.C5H11O2.Al/c2*1-3-5-7-8-6-4-2;1-3-4-7-5(2)6;/h2*1,3-8H2,2H3;5H,3-4H2,1-2H3;/q;;-1;+1. The molecule has 0 saturated carbocycles. The summed E-state index contributed by atoms with van der Waals surface area (Å²) in [6, 6.07) is 0. The lowest BCUT2D eigenvalue weighted by atomic mass is 10.1. The molecule has 1 unspecified atom stereocenters. The molecule has 0 aliphatic rings. The lowest BCUT2D eigenvalue weighted by Crippen LogP contribution is -2.26. The molecule has 0 heterocycles. The predicted octanol–water partition coefficient (Wildman–Crippen LogP) is 7.49. The number of rotatable bonds is 19. The fraction of sp³-hybridized carbons (Fsp3) is 1.00. The van der Waals surface area contributed by atoms with Gasteiger partial charge in [0.15, 0.2) is 0 Å². The van der Waals surface area contributed by atoms with E-state index >= 15 is 0 Å². The molecule has 0 spiro atoms. The molecular weight excluding hydrogens is 311 g/mol. The third-order valence-electron chi connectivity index (χ3n) is 4.70. The first-order valence-corrected chi connectivity index (χ1v) is 13.1. The molecule has 24 heavy (non-hydrogen) atoms. The van der Waals surface area contributed by atoms with Gasteiger partial charge in [-0.2, -0.15) is 0 Å². The van der Waals surface area contributed by atoms with Gasteiger partial charge in [0, 0.05) is 6.61 Å². The van der Waals surface area contributed by atoms with Crippen molar-refractivity contribution in [2.45, 2.75) is 128 Å². The maximum Gasteiger partial charge on any atom is 0.462 e. The monoisotopic (exact) mass is 356 g/mol. The molecule has 0 aliphatic heterocycles. The molecule has 0 radical (unpaired) electrons. The van der Waals surface area contributed by atoms with E-state index in [1.807, 2.05) is 0 Å². The van der Waals surface area contributed by atoms with Crippen molar-refractivity contribution in [1.29, 1.82) is 0 Å². The van der Waals surface area contributed by atoms with E-state index in [0.29, 0.717) is 0 Å². The number of unbranched alkanes of at least 4 members (excludes halogenated alkanes) is 10. The first-order chi connectivity index (χ1) is 11.7. The average Bonchev–Trinajstić information content (AvgIpc) is 2.58. The van der Waals surface area contributed by atoms with Crippen LogP contribution in [0.25, 0.3) is 0 Å². The molecule has 144 valence electrons. The first-order valence-electron chi connectivity index (χ1n) is 11.0. The Morgan fingerprint density at radius 2 is 1.08 bits per heavy atom. The van der Waals surface area contributed by atoms with Crippen molar-refractivity contribution in [3.05, 3.63) is 0 Å². The van der Waals surface area contributed by atoms with Crippen LogP contribution in [0.15, 0.2) is 0 Å². The van der Waals surface area contributed by atoms with E-state index in [0.717, 1.165) is 13.0 Å². The van der Waals surface area contributed by atoms with Crippen LogP contribution >= 0.6 is 0 Å². The van der Waals surface area contributed by atoms with Gasteiger partial charge in [0.05, 0.1) is 0 Å². The van der Waals surface area contributed by atoms with Crippen LogP contribution in [0.3, 0.4) is 0 Å². The number of hydrogen-bond donors (Lipinski definition) is 0. The van der Waals surface area contributed by atoms with Crippen molar-refractivity contribution in [3.8, 4) is 0 Å². The number of hydrogen-bond acceptors (Lipinski definition) is 2. The van der Waals surface area contributed by atoms with Gasteiger partial charge in [0.2, 0.25) is 0 Å². The molecule has 0 saturated heterocycles. The highest BCUT2D eigenvalue weighted by molar-refractivity contribution is 6.51. The molecular formula is C21H45AlO2. The zero-order valence-electron chi connectivity index (χ0n) is 17.3. The summed E-state index contributed by atoms with van der Waals surface area (Å²) in [6.45, 7) is 9.66. The van der Waals surface area contributed by atoms with Gasteiger partial charge in [-0.05, 0) is 13.3 Å². The van der Waals surface area contributed by atoms with E-state index in [4.69, 9.17) is 8.53 Å². The van der Waals surface area contributed by atoms with Crippen molar-refractivity contribution >= 4 is 14.5 Å². The molecule has 2 nitrogen and oxygen atoms in total. The quantitative estimate of drug-likeness (QED) is 0.136. The molecule has 0 aromatic carbocycles. The van der Waals surface area contributed by atoms with Crippen molar-refractivity contribution in [1.82, 2.24) is 0 Å². The molecule has 0 bridgehead atoms. The molecule has 0 amide bonds. The Kier molecular flexibility index (Phi) is 20.1. The summed E-state index contributed by atoms with van der Waals surface area (Å²) < 4.78 is 12.1. The molecule has 0 aliphatic carbocycles. The normalized spacial score (nSPS) is 12.5. The van der Waals surface area contributed by atoms with Gasteiger partial charge in [-0.25, -0.2) is 0 Å². The van der Waals surface area contributed by atoms with E-state index < -0.39 is 14.5 Å². The fourth-order valence-corrected chi connectivity index (χ4v) is 5.85. The molecule has 0 rings (SSSR count). The Labute approximate surface area is 157 Å². The van der Waals surface area contributed by atoms with Gasteiger partial charge in [0.1, 0.15) is 6.29 Å². The summed E-state index contributed by atoms with van der Waals surface area (Å²) >= 11 is -1.08. The number of ether oxygens (including phenoxy) is 1. The fourth-order valence-electron chi connectivity index (χ4n) is 3.18. The van der Waals surface area contributed by atoms with Crippen LogP contribution in [0.1, 0.15) is 111 Å². The Morgan fingerprint density at radius 1 is 0.625 bits per heavy atom. The summed E-state index contributed by atoms with van der Waals surface area (Å²) in [5.74, 6) is 0. The summed E-state index contributed by atoms with van der Waals surface area (Å²) in [7, 11) is 0. The molecule has 3 heteroatoms. The maximum absolute atomic E-state index is 6.32. The molecule has 0 aromatic rings. The smallest absolute Gasteiger partial charge is 0.462 e. The summed E-state index contributed by atoms with van der Waals surface area (Å²) in [4.78, 5) is 0. The second-order valence-corrected chi connectivity index (χ2v) is 9.98. The SMILES string of the molecule is CCCCCCC[CH2][Al]([CH2]CCCCCCC)[O]C(C)OCCC. The zero-order valence-corrected chi connectivity index (χ0v) is 18.4. The topological polar surface area (TPSA) is 18.5 Å². The van der Waals surface area contributed by atoms with Gasteiger partial charge in [0.25, 0.3) is 0 Å². The lowest BCUT2D eigenvalue weighted by molar-refractivity contribution is -0.0695. The maximum atomic E-state index is 6.32. The molecule has 0 N–H and O–H groups in total.